The van der Waals surface area contributed by atoms with Crippen LogP contribution in [-0.2, 0) is 16.0 Å². The number of aryl methyl sites for hydroxylation is 2. The van der Waals surface area contributed by atoms with Gasteiger partial charge < -0.3 is 29.0 Å². The van der Waals surface area contributed by atoms with E-state index in [9.17, 15) is 14.7 Å². The van der Waals surface area contributed by atoms with Gasteiger partial charge in [-0.1, -0.05) is 53.5 Å². The molecule has 12 heteroatoms. The first-order valence-electron chi connectivity index (χ1n) is 19.9. The van der Waals surface area contributed by atoms with E-state index in [-0.39, 0.29) is 6.79 Å². The summed E-state index contributed by atoms with van der Waals surface area (Å²) in [6.07, 6.45) is 2.98. The number of carbonyl (C=O) groups excluding carboxylic acids is 1. The predicted molar refractivity (Wildman–Crippen MR) is 219 cm³/mol. The zero-order valence-electron chi connectivity index (χ0n) is 33.9. The number of piperazine rings is 1. The Morgan fingerprint density at radius 2 is 1.80 bits per heavy atom. The van der Waals surface area contributed by atoms with Crippen molar-refractivity contribution in [2.75, 3.05) is 18.8 Å². The largest absolute Gasteiger partial charge is 0.472 e. The molecule has 0 radical (unpaired) electrons. The van der Waals surface area contributed by atoms with E-state index >= 15 is 4.39 Å². The number of halogens is 1. The van der Waals surface area contributed by atoms with Gasteiger partial charge in [0.25, 0.3) is 0 Å². The number of carboxylic acid groups (broad SMARTS) is 1. The molecule has 3 aliphatic heterocycles. The Balaban J connectivity index is 1.60. The summed E-state index contributed by atoms with van der Waals surface area (Å²) in [7, 11) is -0.757. The van der Waals surface area contributed by atoms with Crippen LogP contribution in [0, 0.1) is 24.2 Å². The second-order valence-electron chi connectivity index (χ2n) is 16.5. The summed E-state index contributed by atoms with van der Waals surface area (Å²) in [6, 6.07) is 6.83. The van der Waals surface area contributed by atoms with Crippen LogP contribution in [-0.4, -0.2) is 78.6 Å². The van der Waals surface area contributed by atoms with Gasteiger partial charge in [0.05, 0.1) is 35.1 Å². The van der Waals surface area contributed by atoms with Crippen LogP contribution >= 0.6 is 0 Å². The van der Waals surface area contributed by atoms with Crippen LogP contribution < -0.4 is 14.4 Å². The van der Waals surface area contributed by atoms with Crippen LogP contribution in [0.25, 0.3) is 21.5 Å². The van der Waals surface area contributed by atoms with E-state index in [1.54, 1.807) is 24.3 Å². The smallest absolute Gasteiger partial charge is 0.407 e. The maximum Gasteiger partial charge on any atom is 0.407 e. The molecule has 2 fully saturated rings. The van der Waals surface area contributed by atoms with Crippen molar-refractivity contribution < 1.29 is 33.3 Å². The molecule has 5 unspecified atom stereocenters. The molecule has 56 heavy (non-hydrogen) atoms. The topological polar surface area (TPSA) is 114 Å². The average Bonchev–Trinajstić information content (AvgIpc) is 3.45. The third-order valence-corrected chi connectivity index (χ3v) is 19.1. The molecule has 4 aromatic rings. The summed E-state index contributed by atoms with van der Waals surface area (Å²) in [5, 5.41) is 13.9. The van der Waals surface area contributed by atoms with Crippen molar-refractivity contribution >= 4 is 47.8 Å². The number of benzene rings is 2. The molecule has 2 saturated heterocycles. The van der Waals surface area contributed by atoms with E-state index in [0.717, 1.165) is 33.7 Å². The zero-order valence-corrected chi connectivity index (χ0v) is 34.9. The monoisotopic (exact) mass is 780 g/mol. The Labute approximate surface area is 329 Å². The minimum absolute atomic E-state index is 0.0159. The average molecular weight is 781 g/mol. The van der Waals surface area contributed by atoms with Gasteiger partial charge in [-0.3, -0.25) is 4.90 Å². The van der Waals surface area contributed by atoms with Gasteiger partial charge in [0.1, 0.15) is 37.8 Å². The molecule has 0 aliphatic carbocycles. The quantitative estimate of drug-likeness (QED) is 0.0729. The second-order valence-corrected chi connectivity index (χ2v) is 22.1. The zero-order chi connectivity index (χ0) is 40.2. The fourth-order valence-corrected chi connectivity index (χ4v) is 15.7. The van der Waals surface area contributed by atoms with Gasteiger partial charge in [-0.2, -0.15) is 0 Å². The number of aromatic nitrogens is 2. The van der Waals surface area contributed by atoms with E-state index in [0.29, 0.717) is 76.3 Å². The van der Waals surface area contributed by atoms with Gasteiger partial charge in [-0.15, -0.1) is 5.54 Å². The number of fused-ring (bicyclic) bond motifs is 6. The summed E-state index contributed by atoms with van der Waals surface area (Å²) in [5.41, 5.74) is 7.44. The Morgan fingerprint density at radius 1 is 1.09 bits per heavy atom. The lowest BCUT2D eigenvalue weighted by molar-refractivity contribution is -0.107. The van der Waals surface area contributed by atoms with Gasteiger partial charge in [-0.05, 0) is 95.9 Å². The SMILES string of the molecule is COCOc1cc(C2C3CCC(C4C(C)Oc5nccc6c(C)c(CCC=O)nc(c56)N24)N3C(=O)O)c2c(C#C[Si](C(C)C)(C(C)C)C(C)C)c(F)ccc2c1. The second kappa shape index (κ2) is 15.3. The molecule has 2 bridgehead atoms. The van der Waals surface area contributed by atoms with Gasteiger partial charge in [0, 0.05) is 30.8 Å². The fraction of sp³-hybridized carbons (Fsp3) is 0.500. The van der Waals surface area contributed by atoms with Crippen LogP contribution in [0.1, 0.15) is 96.2 Å². The standard InChI is InChI=1S/C44H53FN4O6Si/c1-24(2)56(25(3)4,26(5)6)20-17-32-34(45)13-12-29-21-30(54-23-53-9)22-33(38(29)32)41-37-15-14-36(48(37)44(51)52)40-28(8)55-43-39-31(16-18-46-43)27(7)35(11-10-19-50)47-42(39)49(40)41/h12-13,16,18-19,21-22,24-26,28,36-37,40-41H,10-11,14-15,23H2,1-9H3,(H,51,52). The predicted octanol–water partition coefficient (Wildman–Crippen LogP) is 9.14. The molecule has 1 N–H and O–H groups in total. The third-order valence-electron chi connectivity index (χ3n) is 12.8. The van der Waals surface area contributed by atoms with Gasteiger partial charge in [-0.25, -0.2) is 19.2 Å². The van der Waals surface area contributed by atoms with E-state index in [4.69, 9.17) is 24.2 Å². The Morgan fingerprint density at radius 3 is 2.46 bits per heavy atom. The normalized spacial score (nSPS) is 21.6. The molecule has 1 amide bonds. The number of rotatable bonds is 10. The van der Waals surface area contributed by atoms with Crippen molar-refractivity contribution in [3.05, 3.63) is 64.7 Å². The van der Waals surface area contributed by atoms with Crippen LogP contribution in [0.3, 0.4) is 0 Å². The molecule has 10 nitrogen and oxygen atoms in total. The molecular weight excluding hydrogens is 728 g/mol. The number of pyridine rings is 2. The maximum atomic E-state index is 16.7. The molecule has 2 aromatic carbocycles. The number of anilines is 1. The van der Waals surface area contributed by atoms with Crippen LogP contribution in [0.4, 0.5) is 15.0 Å². The number of amides is 1. The minimum atomic E-state index is -2.31. The minimum Gasteiger partial charge on any atom is -0.472 e. The molecule has 7 rings (SSSR count). The Hall–Kier alpha value is -4.73. The molecule has 5 atom stereocenters. The highest BCUT2D eigenvalue weighted by molar-refractivity contribution is 6.90. The van der Waals surface area contributed by atoms with Crippen molar-refractivity contribution in [1.29, 1.82) is 0 Å². The number of ether oxygens (including phenoxy) is 3. The van der Waals surface area contributed by atoms with Crippen LogP contribution in [0.2, 0.25) is 16.6 Å². The molecule has 3 aliphatic rings. The molecule has 5 heterocycles. The van der Waals surface area contributed by atoms with Crippen molar-refractivity contribution in [3.8, 4) is 23.1 Å². The fourth-order valence-electron chi connectivity index (χ4n) is 10.5. The van der Waals surface area contributed by atoms with Crippen molar-refractivity contribution in [2.45, 2.75) is 128 Å². The number of hydrogen-bond acceptors (Lipinski definition) is 8. The van der Waals surface area contributed by atoms with Gasteiger partial charge in [0.15, 0.2) is 6.79 Å². The molecule has 296 valence electrons. The number of carbonyl (C=O) groups is 2. The first kappa shape index (κ1) is 39.5. The maximum absolute atomic E-state index is 16.7. The Kier molecular flexibility index (Phi) is 10.8. The molecule has 0 saturated carbocycles. The first-order chi connectivity index (χ1) is 26.8. The summed E-state index contributed by atoms with van der Waals surface area (Å²) in [5.74, 6) is 4.57. The summed E-state index contributed by atoms with van der Waals surface area (Å²) >= 11 is 0. The highest BCUT2D eigenvalue weighted by atomic mass is 28.3. The van der Waals surface area contributed by atoms with E-state index in [2.05, 4.69) is 57.9 Å². The lowest BCUT2D eigenvalue weighted by atomic mass is 9.86. The van der Waals surface area contributed by atoms with E-state index in [1.807, 2.05) is 32.0 Å². The van der Waals surface area contributed by atoms with Crippen molar-refractivity contribution in [1.82, 2.24) is 14.9 Å². The summed E-state index contributed by atoms with van der Waals surface area (Å²) in [4.78, 5) is 38.9. The number of aldehydes is 1. The number of methoxy groups -OCH3 is 1. The lowest BCUT2D eigenvalue weighted by Crippen LogP contribution is -2.66. The molecule has 2 aromatic heterocycles. The third kappa shape index (κ3) is 6.27. The highest BCUT2D eigenvalue weighted by Crippen LogP contribution is 2.54. The van der Waals surface area contributed by atoms with Crippen LogP contribution in [0.5, 0.6) is 11.6 Å². The summed E-state index contributed by atoms with van der Waals surface area (Å²) < 4.78 is 34.8. The van der Waals surface area contributed by atoms with Gasteiger partial charge in [0.2, 0.25) is 5.88 Å². The van der Waals surface area contributed by atoms with Crippen molar-refractivity contribution in [2.24, 2.45) is 0 Å². The molecule has 0 spiro atoms. The van der Waals surface area contributed by atoms with E-state index in [1.165, 1.54) is 6.07 Å². The summed E-state index contributed by atoms with van der Waals surface area (Å²) in [6.45, 7) is 17.3. The number of hydrogen-bond donors (Lipinski definition) is 1. The molecular formula is C44H53FN4O6Si. The number of nitrogens with zero attached hydrogens (tertiary/aromatic N) is 4. The van der Waals surface area contributed by atoms with E-state index < -0.39 is 50.3 Å². The van der Waals surface area contributed by atoms with Crippen LogP contribution in [0.15, 0.2) is 36.5 Å². The lowest BCUT2D eigenvalue weighted by Gasteiger charge is -2.52. The highest BCUT2D eigenvalue weighted by Gasteiger charge is 2.58. The Bertz CT molecular complexity index is 2230. The van der Waals surface area contributed by atoms with Crippen molar-refractivity contribution in [3.63, 3.8) is 0 Å². The first-order valence-corrected chi connectivity index (χ1v) is 22.1. The van der Waals surface area contributed by atoms with Gasteiger partial charge >= 0.3 is 6.09 Å².